The zero-order chi connectivity index (χ0) is 18.6. The van der Waals surface area contributed by atoms with Crippen molar-refractivity contribution in [2.24, 2.45) is 14.1 Å². The summed E-state index contributed by atoms with van der Waals surface area (Å²) in [6.07, 6.45) is 3.93. The Morgan fingerprint density at radius 1 is 1.16 bits per heavy atom. The molecule has 0 aliphatic rings. The molecule has 1 aromatic heterocycles. The van der Waals surface area contributed by atoms with Gasteiger partial charge in [-0.1, -0.05) is 0 Å². The highest BCUT2D eigenvalue weighted by atomic mass is 16.5. The second-order valence-corrected chi connectivity index (χ2v) is 5.23. The molecule has 0 radical (unpaired) electrons. The van der Waals surface area contributed by atoms with Gasteiger partial charge < -0.3 is 19.4 Å². The highest BCUT2D eigenvalue weighted by Gasteiger charge is 2.08. The molecule has 8 heteroatoms. The van der Waals surface area contributed by atoms with Crippen molar-refractivity contribution < 1.29 is 14.3 Å². The molecular weight excluding hydrogens is 326 g/mol. The molecule has 0 bridgehead atoms. The molecular formula is C17H19N3O5. The van der Waals surface area contributed by atoms with Gasteiger partial charge in [0.1, 0.15) is 11.5 Å². The lowest BCUT2D eigenvalue weighted by molar-refractivity contribution is -0.111. The zero-order valence-corrected chi connectivity index (χ0v) is 14.4. The lowest BCUT2D eigenvalue weighted by Gasteiger charge is -2.10. The van der Waals surface area contributed by atoms with E-state index in [2.05, 4.69) is 5.32 Å². The van der Waals surface area contributed by atoms with Crippen molar-refractivity contribution in [1.82, 2.24) is 9.13 Å². The van der Waals surface area contributed by atoms with Crippen LogP contribution in [0.5, 0.6) is 11.5 Å². The number of hydrogen-bond donors (Lipinski definition) is 1. The summed E-state index contributed by atoms with van der Waals surface area (Å²) in [5, 5.41) is 2.66. The number of nitrogens with zero attached hydrogens (tertiary/aromatic N) is 2. The Balaban J connectivity index is 2.25. The summed E-state index contributed by atoms with van der Waals surface area (Å²) < 4.78 is 12.5. The Kier molecular flexibility index (Phi) is 5.43. The maximum Gasteiger partial charge on any atom is 0.330 e. The number of rotatable bonds is 5. The van der Waals surface area contributed by atoms with Crippen LogP contribution in [-0.4, -0.2) is 29.3 Å². The summed E-state index contributed by atoms with van der Waals surface area (Å²) in [7, 11) is 5.91. The molecule has 1 N–H and O–H groups in total. The first-order valence-electron chi connectivity index (χ1n) is 7.35. The summed E-state index contributed by atoms with van der Waals surface area (Å²) in [6.45, 7) is 0. The lowest BCUT2D eigenvalue weighted by Crippen LogP contribution is -2.37. The third-order valence-corrected chi connectivity index (χ3v) is 3.55. The minimum absolute atomic E-state index is 0.220. The predicted molar refractivity (Wildman–Crippen MR) is 94.1 cm³/mol. The number of hydrogen-bond acceptors (Lipinski definition) is 5. The molecule has 1 aromatic carbocycles. The van der Waals surface area contributed by atoms with Gasteiger partial charge in [0, 0.05) is 32.4 Å². The second kappa shape index (κ2) is 7.52. The van der Waals surface area contributed by atoms with Gasteiger partial charge in [0.2, 0.25) is 5.91 Å². The quantitative estimate of drug-likeness (QED) is 0.808. The van der Waals surface area contributed by atoms with Gasteiger partial charge in [-0.2, -0.15) is 0 Å². The molecule has 0 fully saturated rings. The van der Waals surface area contributed by atoms with Crippen LogP contribution in [0.4, 0.5) is 5.69 Å². The number of nitrogens with one attached hydrogen (secondary N) is 1. The zero-order valence-electron chi connectivity index (χ0n) is 14.4. The Bertz CT molecular complexity index is 940. The van der Waals surface area contributed by atoms with E-state index in [-0.39, 0.29) is 5.56 Å². The second-order valence-electron chi connectivity index (χ2n) is 5.23. The van der Waals surface area contributed by atoms with Crippen LogP contribution in [0.25, 0.3) is 6.08 Å². The monoisotopic (exact) mass is 345 g/mol. The maximum atomic E-state index is 12.1. The normalized spacial score (nSPS) is 10.7. The molecule has 2 rings (SSSR count). The molecule has 0 unspecified atom stereocenters. The molecule has 132 valence electrons. The van der Waals surface area contributed by atoms with Crippen LogP contribution < -0.4 is 26.0 Å². The molecule has 1 amide bonds. The number of anilines is 1. The number of amides is 1. The van der Waals surface area contributed by atoms with Gasteiger partial charge >= 0.3 is 5.69 Å². The van der Waals surface area contributed by atoms with E-state index in [1.54, 1.807) is 18.2 Å². The van der Waals surface area contributed by atoms with Crippen molar-refractivity contribution >= 4 is 17.7 Å². The van der Waals surface area contributed by atoms with Crippen molar-refractivity contribution in [2.75, 3.05) is 19.5 Å². The fourth-order valence-corrected chi connectivity index (χ4v) is 2.20. The highest BCUT2D eigenvalue weighted by Crippen LogP contribution is 2.28. The Morgan fingerprint density at radius 3 is 2.52 bits per heavy atom. The van der Waals surface area contributed by atoms with E-state index in [1.165, 1.54) is 51.2 Å². The van der Waals surface area contributed by atoms with Crippen LogP contribution in [0.15, 0.2) is 40.1 Å². The number of ether oxygens (including phenoxy) is 2. The van der Waals surface area contributed by atoms with Crippen LogP contribution in [0, 0.1) is 0 Å². The lowest BCUT2D eigenvalue weighted by atomic mass is 10.2. The van der Waals surface area contributed by atoms with Crippen molar-refractivity contribution in [2.45, 2.75) is 0 Å². The topological polar surface area (TPSA) is 91.6 Å². The van der Waals surface area contributed by atoms with Gasteiger partial charge in [0.15, 0.2) is 0 Å². The third-order valence-electron chi connectivity index (χ3n) is 3.55. The van der Waals surface area contributed by atoms with Gasteiger partial charge in [-0.3, -0.25) is 14.2 Å². The van der Waals surface area contributed by atoms with Gasteiger partial charge in [-0.15, -0.1) is 0 Å². The third kappa shape index (κ3) is 3.97. The van der Waals surface area contributed by atoms with E-state index < -0.39 is 17.2 Å². The predicted octanol–water partition coefficient (Wildman–Crippen LogP) is 0.753. The first kappa shape index (κ1) is 18.1. The maximum absolute atomic E-state index is 12.1. The SMILES string of the molecule is COc1ccc(OC)c(NC(=O)/C=C/c2cn(C)c(=O)n(C)c2=O)c1. The fraction of sp³-hybridized carbons (Fsp3) is 0.235. The van der Waals surface area contributed by atoms with Crippen molar-refractivity contribution in [1.29, 1.82) is 0 Å². The first-order chi connectivity index (χ1) is 11.9. The fourth-order valence-electron chi connectivity index (χ4n) is 2.20. The Hall–Kier alpha value is -3.29. The molecule has 0 saturated carbocycles. The largest absolute Gasteiger partial charge is 0.497 e. The van der Waals surface area contributed by atoms with E-state index in [9.17, 15) is 14.4 Å². The van der Waals surface area contributed by atoms with Gasteiger partial charge in [-0.25, -0.2) is 4.79 Å². The average molecular weight is 345 g/mol. The van der Waals surface area contributed by atoms with E-state index in [1.807, 2.05) is 0 Å². The van der Waals surface area contributed by atoms with Crippen molar-refractivity contribution in [3.05, 3.63) is 56.9 Å². The minimum Gasteiger partial charge on any atom is -0.497 e. The molecule has 0 spiro atoms. The first-order valence-corrected chi connectivity index (χ1v) is 7.35. The number of aromatic nitrogens is 2. The van der Waals surface area contributed by atoms with E-state index >= 15 is 0 Å². The van der Waals surface area contributed by atoms with Crippen molar-refractivity contribution in [3.8, 4) is 11.5 Å². The van der Waals surface area contributed by atoms with Crippen LogP contribution in [0.3, 0.4) is 0 Å². The highest BCUT2D eigenvalue weighted by molar-refractivity contribution is 6.02. The summed E-state index contributed by atoms with van der Waals surface area (Å²) in [5.41, 5.74) is -0.263. The van der Waals surface area contributed by atoms with Crippen LogP contribution >= 0.6 is 0 Å². The average Bonchev–Trinajstić information content (AvgIpc) is 2.61. The molecule has 25 heavy (non-hydrogen) atoms. The smallest absolute Gasteiger partial charge is 0.330 e. The molecule has 0 aliphatic heterocycles. The molecule has 8 nitrogen and oxygen atoms in total. The summed E-state index contributed by atoms with van der Waals surface area (Å²) in [6, 6.07) is 5.00. The number of methoxy groups -OCH3 is 2. The standard InChI is InChI=1S/C17H19N3O5/c1-19-10-11(16(22)20(2)17(19)23)5-8-15(21)18-13-9-12(24-3)6-7-14(13)25-4/h5-10H,1-4H3,(H,18,21)/b8-5+. The molecule has 0 atom stereocenters. The number of aryl methyl sites for hydroxylation is 1. The Labute approximate surface area is 143 Å². The summed E-state index contributed by atoms with van der Waals surface area (Å²) in [5.74, 6) is 0.579. The summed E-state index contributed by atoms with van der Waals surface area (Å²) in [4.78, 5) is 35.8. The van der Waals surface area contributed by atoms with E-state index in [4.69, 9.17) is 9.47 Å². The summed E-state index contributed by atoms with van der Waals surface area (Å²) >= 11 is 0. The number of benzene rings is 1. The number of carbonyl (C=O) groups is 1. The molecule has 0 aliphatic carbocycles. The van der Waals surface area contributed by atoms with Crippen LogP contribution in [-0.2, 0) is 18.9 Å². The van der Waals surface area contributed by atoms with Gasteiger partial charge in [0.25, 0.3) is 5.56 Å². The van der Waals surface area contributed by atoms with E-state index in [0.717, 1.165) is 4.57 Å². The van der Waals surface area contributed by atoms with Gasteiger partial charge in [-0.05, 0) is 18.2 Å². The number of carbonyl (C=O) groups excluding carboxylic acids is 1. The Morgan fingerprint density at radius 2 is 1.88 bits per heavy atom. The van der Waals surface area contributed by atoms with Gasteiger partial charge in [0.05, 0.1) is 25.5 Å². The minimum atomic E-state index is -0.480. The van der Waals surface area contributed by atoms with Crippen LogP contribution in [0.1, 0.15) is 5.56 Å². The van der Waals surface area contributed by atoms with Crippen LogP contribution in [0.2, 0.25) is 0 Å². The van der Waals surface area contributed by atoms with E-state index in [0.29, 0.717) is 17.2 Å². The molecule has 2 aromatic rings. The van der Waals surface area contributed by atoms with Crippen molar-refractivity contribution in [3.63, 3.8) is 0 Å². The molecule has 0 saturated heterocycles. The molecule has 1 heterocycles.